The zero-order valence-electron chi connectivity index (χ0n) is 10.2. The van der Waals surface area contributed by atoms with Gasteiger partial charge in [0, 0.05) is 23.9 Å². The van der Waals surface area contributed by atoms with Crippen molar-refractivity contribution in [1.82, 2.24) is 21.2 Å². The van der Waals surface area contributed by atoms with Crippen LogP contribution in [0.1, 0.15) is 29.6 Å². The van der Waals surface area contributed by atoms with E-state index in [-0.39, 0.29) is 22.8 Å². The predicted molar refractivity (Wildman–Crippen MR) is 72.9 cm³/mol. The molecule has 100 valence electrons. The zero-order chi connectivity index (χ0) is 13.7. The predicted octanol–water partition coefficient (Wildman–Crippen LogP) is 0.517. The lowest BCUT2D eigenvalue weighted by Gasteiger charge is -2.24. The first kappa shape index (κ1) is 13.4. The molecule has 0 radical (unpaired) electrons. The summed E-state index contributed by atoms with van der Waals surface area (Å²) in [6.07, 6.45) is 5.92. The first-order chi connectivity index (χ1) is 9.16. The Kier molecular flexibility index (Phi) is 4.40. The van der Waals surface area contributed by atoms with Crippen molar-refractivity contribution in [2.75, 3.05) is 0 Å². The molecule has 0 unspecified atom stereocenters. The van der Waals surface area contributed by atoms with Crippen LogP contribution in [0.15, 0.2) is 24.5 Å². The van der Waals surface area contributed by atoms with Gasteiger partial charge in [0.2, 0.25) is 5.91 Å². The largest absolute Gasteiger partial charge is 0.302 e. The minimum atomic E-state index is -0.345. The molecule has 0 aromatic carbocycles. The molecule has 2 rings (SSSR count). The highest BCUT2D eigenvalue weighted by molar-refractivity contribution is 7.80. The Bertz CT molecular complexity index is 488. The maximum Gasteiger partial charge on any atom is 0.269 e. The Morgan fingerprint density at radius 3 is 2.47 bits per heavy atom. The third-order valence-corrected chi connectivity index (χ3v) is 3.15. The van der Waals surface area contributed by atoms with Crippen molar-refractivity contribution in [1.29, 1.82) is 0 Å². The Hall–Kier alpha value is -2.02. The second kappa shape index (κ2) is 6.24. The summed E-state index contributed by atoms with van der Waals surface area (Å²) in [4.78, 5) is 27.1. The molecule has 1 saturated carbocycles. The molecule has 1 aliphatic rings. The van der Waals surface area contributed by atoms with E-state index in [4.69, 9.17) is 12.2 Å². The van der Waals surface area contributed by atoms with Gasteiger partial charge in [-0.3, -0.25) is 25.4 Å². The van der Waals surface area contributed by atoms with Gasteiger partial charge in [-0.05, 0) is 37.2 Å². The fourth-order valence-corrected chi connectivity index (χ4v) is 1.76. The van der Waals surface area contributed by atoms with E-state index in [1.807, 2.05) is 0 Å². The Morgan fingerprint density at radius 1 is 1.21 bits per heavy atom. The van der Waals surface area contributed by atoms with Gasteiger partial charge >= 0.3 is 0 Å². The third kappa shape index (κ3) is 3.72. The van der Waals surface area contributed by atoms with E-state index in [1.165, 1.54) is 12.4 Å². The molecule has 1 aliphatic carbocycles. The maximum absolute atomic E-state index is 11.7. The molecule has 1 aromatic rings. The summed E-state index contributed by atoms with van der Waals surface area (Å²) < 4.78 is 0. The molecule has 0 aliphatic heterocycles. The fraction of sp³-hybridized carbons (Fsp3) is 0.333. The van der Waals surface area contributed by atoms with Crippen molar-refractivity contribution in [2.24, 2.45) is 5.92 Å². The van der Waals surface area contributed by atoms with Gasteiger partial charge in [0.05, 0.1) is 0 Å². The lowest BCUT2D eigenvalue weighted by Crippen LogP contribution is -2.50. The second-order valence-electron chi connectivity index (χ2n) is 4.26. The number of hydrogen-bond acceptors (Lipinski definition) is 4. The number of amides is 2. The van der Waals surface area contributed by atoms with Crippen LogP contribution in [0.2, 0.25) is 0 Å². The van der Waals surface area contributed by atoms with Crippen molar-refractivity contribution in [3.63, 3.8) is 0 Å². The number of hydrazine groups is 1. The van der Waals surface area contributed by atoms with Crippen LogP contribution in [0, 0.1) is 5.92 Å². The highest BCUT2D eigenvalue weighted by Crippen LogP contribution is 2.25. The lowest BCUT2D eigenvalue weighted by atomic mass is 9.85. The minimum Gasteiger partial charge on any atom is -0.302 e. The van der Waals surface area contributed by atoms with E-state index in [0.717, 1.165) is 19.3 Å². The first-order valence-corrected chi connectivity index (χ1v) is 6.39. The standard InChI is InChI=1S/C12H14N4O2S/c17-10(8-2-1-3-8)14-12(19)16-15-11(18)9-4-6-13-7-5-9/h4-8H,1-3H2,(H,15,18)(H2,14,16,17,19). The maximum atomic E-state index is 11.7. The average Bonchev–Trinajstić information content (AvgIpc) is 2.34. The number of aromatic nitrogens is 1. The molecular formula is C12H14N4O2S. The minimum absolute atomic E-state index is 0.0515. The lowest BCUT2D eigenvalue weighted by molar-refractivity contribution is -0.125. The smallest absolute Gasteiger partial charge is 0.269 e. The number of thiocarbonyl (C=S) groups is 1. The van der Waals surface area contributed by atoms with Crippen LogP contribution in [-0.2, 0) is 4.79 Å². The van der Waals surface area contributed by atoms with Crippen LogP contribution >= 0.6 is 12.2 Å². The van der Waals surface area contributed by atoms with Crippen molar-refractivity contribution in [3.8, 4) is 0 Å². The number of nitrogens with one attached hydrogen (secondary N) is 3. The summed E-state index contributed by atoms with van der Waals surface area (Å²) in [6, 6.07) is 3.15. The molecule has 1 heterocycles. The summed E-state index contributed by atoms with van der Waals surface area (Å²) in [7, 11) is 0. The fourth-order valence-electron chi connectivity index (χ4n) is 1.60. The van der Waals surface area contributed by atoms with Gasteiger partial charge in [0.1, 0.15) is 0 Å². The summed E-state index contributed by atoms with van der Waals surface area (Å²) in [6.45, 7) is 0. The van der Waals surface area contributed by atoms with Gasteiger partial charge in [-0.15, -0.1) is 0 Å². The van der Waals surface area contributed by atoms with Crippen LogP contribution < -0.4 is 16.2 Å². The summed E-state index contributed by atoms with van der Waals surface area (Å²) >= 11 is 4.92. The topological polar surface area (TPSA) is 83.1 Å². The summed E-state index contributed by atoms with van der Waals surface area (Å²) in [5.74, 6) is -0.389. The number of rotatable bonds is 2. The molecule has 1 aromatic heterocycles. The van der Waals surface area contributed by atoms with Gasteiger partial charge in [-0.25, -0.2) is 0 Å². The van der Waals surface area contributed by atoms with Crippen molar-refractivity contribution < 1.29 is 9.59 Å². The molecule has 7 heteroatoms. The van der Waals surface area contributed by atoms with E-state index in [1.54, 1.807) is 12.1 Å². The number of carbonyl (C=O) groups excluding carboxylic acids is 2. The van der Waals surface area contributed by atoms with Gasteiger partial charge in [-0.2, -0.15) is 0 Å². The van der Waals surface area contributed by atoms with Gasteiger partial charge in [0.15, 0.2) is 5.11 Å². The van der Waals surface area contributed by atoms with Crippen LogP contribution in [0.5, 0.6) is 0 Å². The SMILES string of the molecule is O=C(NNC(=S)NC(=O)C1CCC1)c1ccncc1. The quantitative estimate of drug-likeness (QED) is 0.542. The Labute approximate surface area is 116 Å². The normalized spacial score (nSPS) is 14.1. The monoisotopic (exact) mass is 278 g/mol. The Morgan fingerprint density at radius 2 is 1.89 bits per heavy atom. The van der Waals surface area contributed by atoms with Gasteiger partial charge in [-0.1, -0.05) is 6.42 Å². The van der Waals surface area contributed by atoms with Gasteiger partial charge < -0.3 is 5.32 Å². The summed E-state index contributed by atoms with van der Waals surface area (Å²) in [5, 5.41) is 2.64. The van der Waals surface area contributed by atoms with E-state index in [0.29, 0.717) is 5.56 Å². The van der Waals surface area contributed by atoms with Crippen LogP contribution in [0.4, 0.5) is 0 Å². The van der Waals surface area contributed by atoms with Crippen LogP contribution in [0.25, 0.3) is 0 Å². The number of carbonyl (C=O) groups is 2. The molecule has 2 amide bonds. The molecule has 19 heavy (non-hydrogen) atoms. The number of nitrogens with zero attached hydrogens (tertiary/aromatic N) is 1. The molecule has 1 fully saturated rings. The molecule has 0 atom stereocenters. The Balaban J connectivity index is 1.74. The second-order valence-corrected chi connectivity index (χ2v) is 4.67. The first-order valence-electron chi connectivity index (χ1n) is 5.98. The molecular weight excluding hydrogens is 264 g/mol. The van der Waals surface area contributed by atoms with Crippen LogP contribution in [-0.4, -0.2) is 21.9 Å². The molecule has 0 saturated heterocycles. The zero-order valence-corrected chi connectivity index (χ0v) is 11.0. The van der Waals surface area contributed by atoms with E-state index in [2.05, 4.69) is 21.2 Å². The summed E-state index contributed by atoms with van der Waals surface area (Å²) in [5.41, 5.74) is 5.36. The van der Waals surface area contributed by atoms with Gasteiger partial charge in [0.25, 0.3) is 5.91 Å². The highest BCUT2D eigenvalue weighted by Gasteiger charge is 2.25. The average molecular weight is 278 g/mol. The molecule has 3 N–H and O–H groups in total. The van der Waals surface area contributed by atoms with Crippen molar-refractivity contribution >= 4 is 29.1 Å². The van der Waals surface area contributed by atoms with E-state index in [9.17, 15) is 9.59 Å². The number of hydrogen-bond donors (Lipinski definition) is 3. The van der Waals surface area contributed by atoms with E-state index >= 15 is 0 Å². The van der Waals surface area contributed by atoms with Crippen molar-refractivity contribution in [2.45, 2.75) is 19.3 Å². The van der Waals surface area contributed by atoms with E-state index < -0.39 is 0 Å². The third-order valence-electron chi connectivity index (χ3n) is 2.94. The highest BCUT2D eigenvalue weighted by atomic mass is 32.1. The molecule has 0 bridgehead atoms. The number of pyridine rings is 1. The van der Waals surface area contributed by atoms with Crippen LogP contribution in [0.3, 0.4) is 0 Å². The van der Waals surface area contributed by atoms with Crippen molar-refractivity contribution in [3.05, 3.63) is 30.1 Å². The molecule has 6 nitrogen and oxygen atoms in total. The molecule has 0 spiro atoms.